The fourth-order valence-corrected chi connectivity index (χ4v) is 3.93. The summed E-state index contributed by atoms with van der Waals surface area (Å²) < 4.78 is 0. The highest BCUT2D eigenvalue weighted by Crippen LogP contribution is 2.27. The molecule has 1 atom stereocenters. The summed E-state index contributed by atoms with van der Waals surface area (Å²) in [5.41, 5.74) is 1.87. The Morgan fingerprint density at radius 3 is 2.70 bits per heavy atom. The van der Waals surface area contributed by atoms with Crippen molar-refractivity contribution in [1.29, 1.82) is 0 Å². The summed E-state index contributed by atoms with van der Waals surface area (Å²) in [7, 11) is 0. The first-order valence-corrected chi connectivity index (χ1v) is 9.02. The molecule has 2 aromatic rings. The van der Waals surface area contributed by atoms with Gasteiger partial charge in [-0.1, -0.05) is 30.3 Å². The normalized spacial score (nSPS) is 16.4. The van der Waals surface area contributed by atoms with Crippen LogP contribution in [0, 0.1) is 6.92 Å². The van der Waals surface area contributed by atoms with Crippen molar-refractivity contribution in [2.75, 3.05) is 19.6 Å². The number of aryl methyl sites for hydroxylation is 1. The van der Waals surface area contributed by atoms with E-state index in [1.54, 1.807) is 0 Å². The Morgan fingerprint density at radius 1 is 1.30 bits per heavy atom. The number of benzene rings is 1. The molecule has 0 radical (unpaired) electrons. The van der Waals surface area contributed by atoms with Gasteiger partial charge in [0.1, 0.15) is 9.88 Å². The van der Waals surface area contributed by atoms with Gasteiger partial charge in [0.2, 0.25) is 0 Å². The molecule has 23 heavy (non-hydrogen) atoms. The first kappa shape index (κ1) is 16.1. The van der Waals surface area contributed by atoms with E-state index in [4.69, 9.17) is 0 Å². The molecule has 0 aliphatic carbocycles. The molecule has 122 valence electrons. The van der Waals surface area contributed by atoms with Gasteiger partial charge in [-0.15, -0.1) is 11.3 Å². The number of rotatable bonds is 5. The van der Waals surface area contributed by atoms with E-state index in [1.165, 1.54) is 24.2 Å². The molecular formula is C18H23N3OS. The molecule has 4 nitrogen and oxygen atoms in total. The van der Waals surface area contributed by atoms with Gasteiger partial charge in [0.05, 0.1) is 5.69 Å². The van der Waals surface area contributed by atoms with E-state index < -0.39 is 0 Å². The smallest absolute Gasteiger partial charge is 0.263 e. The number of hydrogen-bond acceptors (Lipinski definition) is 4. The number of aromatic nitrogens is 1. The minimum atomic E-state index is -0.00627. The summed E-state index contributed by atoms with van der Waals surface area (Å²) >= 11 is 1.47. The van der Waals surface area contributed by atoms with Crippen LogP contribution in [-0.2, 0) is 0 Å². The topological polar surface area (TPSA) is 45.2 Å². The van der Waals surface area contributed by atoms with E-state index in [0.717, 1.165) is 34.2 Å². The van der Waals surface area contributed by atoms with E-state index in [2.05, 4.69) is 22.1 Å². The lowest BCUT2D eigenvalue weighted by Gasteiger charge is -2.23. The molecule has 1 unspecified atom stereocenters. The van der Waals surface area contributed by atoms with Crippen molar-refractivity contribution < 1.29 is 4.79 Å². The third kappa shape index (κ3) is 3.79. The number of carbonyl (C=O) groups is 1. The molecule has 1 amide bonds. The summed E-state index contributed by atoms with van der Waals surface area (Å²) in [5.74, 6) is -0.00627. The molecule has 0 spiro atoms. The highest BCUT2D eigenvalue weighted by molar-refractivity contribution is 7.17. The average molecular weight is 329 g/mol. The third-order valence-electron chi connectivity index (χ3n) is 4.35. The fourth-order valence-electron chi connectivity index (χ4n) is 2.94. The van der Waals surface area contributed by atoms with Crippen molar-refractivity contribution in [2.45, 2.75) is 32.7 Å². The van der Waals surface area contributed by atoms with Crippen molar-refractivity contribution in [2.24, 2.45) is 0 Å². The molecular weight excluding hydrogens is 306 g/mol. The first-order chi connectivity index (χ1) is 11.1. The lowest BCUT2D eigenvalue weighted by molar-refractivity contribution is 0.0943. The second-order valence-electron chi connectivity index (χ2n) is 6.10. The van der Waals surface area contributed by atoms with Gasteiger partial charge in [0.25, 0.3) is 5.91 Å². The minimum absolute atomic E-state index is 0.00627. The molecule has 1 aromatic heterocycles. The third-order valence-corrected chi connectivity index (χ3v) is 5.55. The van der Waals surface area contributed by atoms with Crippen LogP contribution in [0.1, 0.15) is 35.1 Å². The number of hydrogen-bond donors (Lipinski definition) is 1. The maximum atomic E-state index is 12.5. The molecule has 1 saturated heterocycles. The first-order valence-electron chi connectivity index (χ1n) is 8.20. The second kappa shape index (κ2) is 7.23. The number of amides is 1. The predicted molar refractivity (Wildman–Crippen MR) is 94.9 cm³/mol. The highest BCUT2D eigenvalue weighted by Gasteiger charge is 2.20. The zero-order valence-electron chi connectivity index (χ0n) is 13.7. The summed E-state index contributed by atoms with van der Waals surface area (Å²) in [4.78, 5) is 20.2. The van der Waals surface area contributed by atoms with Crippen LogP contribution in [0.2, 0.25) is 0 Å². The lowest BCUT2D eigenvalue weighted by atomic mass is 10.2. The zero-order valence-corrected chi connectivity index (χ0v) is 14.5. The minimum Gasteiger partial charge on any atom is -0.350 e. The fraction of sp³-hybridized carbons (Fsp3) is 0.444. The zero-order chi connectivity index (χ0) is 16.2. The van der Waals surface area contributed by atoms with Crippen LogP contribution in [0.5, 0.6) is 0 Å². The average Bonchev–Trinajstić information content (AvgIpc) is 3.23. The quantitative estimate of drug-likeness (QED) is 0.915. The van der Waals surface area contributed by atoms with Crippen LogP contribution in [-0.4, -0.2) is 41.5 Å². The predicted octanol–water partition coefficient (Wildman–Crippen LogP) is 3.33. The molecule has 1 aromatic carbocycles. The summed E-state index contributed by atoms with van der Waals surface area (Å²) in [6.07, 6.45) is 2.54. The van der Waals surface area contributed by atoms with E-state index >= 15 is 0 Å². The van der Waals surface area contributed by atoms with E-state index in [-0.39, 0.29) is 5.91 Å². The molecule has 5 heteroatoms. The van der Waals surface area contributed by atoms with Crippen LogP contribution in [0.3, 0.4) is 0 Å². The number of nitrogens with one attached hydrogen (secondary N) is 1. The van der Waals surface area contributed by atoms with Crippen molar-refractivity contribution in [1.82, 2.24) is 15.2 Å². The molecule has 1 aliphatic rings. The van der Waals surface area contributed by atoms with Crippen LogP contribution >= 0.6 is 11.3 Å². The van der Waals surface area contributed by atoms with Crippen molar-refractivity contribution >= 4 is 17.2 Å². The van der Waals surface area contributed by atoms with Crippen LogP contribution < -0.4 is 5.32 Å². The van der Waals surface area contributed by atoms with Gasteiger partial charge in [0.15, 0.2) is 0 Å². The van der Waals surface area contributed by atoms with Crippen LogP contribution in [0.4, 0.5) is 0 Å². The molecule has 3 rings (SSSR count). The van der Waals surface area contributed by atoms with Gasteiger partial charge in [-0.3, -0.25) is 9.69 Å². The largest absolute Gasteiger partial charge is 0.350 e. The molecule has 2 heterocycles. The highest BCUT2D eigenvalue weighted by atomic mass is 32.1. The van der Waals surface area contributed by atoms with Gasteiger partial charge in [0, 0.05) is 18.2 Å². The van der Waals surface area contributed by atoms with Gasteiger partial charge >= 0.3 is 0 Å². The molecule has 0 saturated carbocycles. The second-order valence-corrected chi connectivity index (χ2v) is 7.10. The Hall–Kier alpha value is -1.72. The van der Waals surface area contributed by atoms with E-state index in [1.807, 2.05) is 37.3 Å². The van der Waals surface area contributed by atoms with Crippen molar-refractivity contribution in [3.63, 3.8) is 0 Å². The Morgan fingerprint density at radius 2 is 2.00 bits per heavy atom. The van der Waals surface area contributed by atoms with Gasteiger partial charge in [-0.05, 0) is 39.8 Å². The van der Waals surface area contributed by atoms with Gasteiger partial charge < -0.3 is 5.32 Å². The number of nitrogens with zero attached hydrogens (tertiary/aromatic N) is 2. The number of carbonyl (C=O) groups excluding carboxylic acids is 1. The number of likely N-dealkylation sites (tertiary alicyclic amines) is 1. The summed E-state index contributed by atoms with van der Waals surface area (Å²) in [6, 6.07) is 10.4. The SMILES string of the molecule is Cc1nc(-c2ccccc2)sc1C(=O)NCC(C)N1CCCC1. The van der Waals surface area contributed by atoms with Crippen LogP contribution in [0.15, 0.2) is 30.3 Å². The summed E-state index contributed by atoms with van der Waals surface area (Å²) in [5, 5.41) is 3.97. The number of thiazole rings is 1. The van der Waals surface area contributed by atoms with Crippen molar-refractivity contribution in [3.05, 3.63) is 40.9 Å². The molecule has 1 N–H and O–H groups in total. The monoisotopic (exact) mass is 329 g/mol. The maximum Gasteiger partial charge on any atom is 0.263 e. The molecule has 0 bridgehead atoms. The standard InChI is InChI=1S/C18H23N3OS/c1-13(21-10-6-7-11-21)12-19-17(22)16-14(2)20-18(23-16)15-8-4-3-5-9-15/h3-5,8-9,13H,6-7,10-12H2,1-2H3,(H,19,22). The van der Waals surface area contributed by atoms with E-state index in [0.29, 0.717) is 12.6 Å². The summed E-state index contributed by atoms with van der Waals surface area (Å²) in [6.45, 7) is 7.07. The lowest BCUT2D eigenvalue weighted by Crippen LogP contribution is -2.40. The Bertz CT molecular complexity index is 662. The molecule has 1 fully saturated rings. The Balaban J connectivity index is 1.64. The van der Waals surface area contributed by atoms with Gasteiger partial charge in [-0.2, -0.15) is 0 Å². The van der Waals surface area contributed by atoms with Crippen LogP contribution in [0.25, 0.3) is 10.6 Å². The Kier molecular flexibility index (Phi) is 5.08. The Labute approximate surface area is 141 Å². The van der Waals surface area contributed by atoms with Gasteiger partial charge in [-0.25, -0.2) is 4.98 Å². The van der Waals surface area contributed by atoms with E-state index in [9.17, 15) is 4.79 Å². The maximum absolute atomic E-state index is 12.5. The van der Waals surface area contributed by atoms with Crippen molar-refractivity contribution in [3.8, 4) is 10.6 Å². The molecule has 1 aliphatic heterocycles.